The van der Waals surface area contributed by atoms with Gasteiger partial charge in [-0.3, -0.25) is 23.9 Å². The summed E-state index contributed by atoms with van der Waals surface area (Å²) in [5, 5.41) is 0. The van der Waals surface area contributed by atoms with Crippen molar-refractivity contribution in [3.63, 3.8) is 0 Å². The maximum absolute atomic E-state index is 12.6. The van der Waals surface area contributed by atoms with Gasteiger partial charge in [0, 0.05) is 31.9 Å². The molecule has 2 amide bonds. The molecular weight excluding hydrogens is 316 g/mol. The van der Waals surface area contributed by atoms with Gasteiger partial charge in [-0.15, -0.1) is 0 Å². The zero-order valence-corrected chi connectivity index (χ0v) is 13.7. The standard InChI is InChI=1S/C15H20N4O5/c1-9-3-19(15(23)16-13(9)21)6-12(20)18-4-10-7-24-8-11(5-18)17(2)14(10)22/h3,10-11H,4-8H2,1-2H3,(H,16,21,23)/t10-,11+/m1/s1. The molecule has 1 aromatic heterocycles. The molecule has 24 heavy (non-hydrogen) atoms. The molecule has 2 bridgehead atoms. The molecule has 130 valence electrons. The van der Waals surface area contributed by atoms with Crippen LogP contribution in [0.15, 0.2) is 15.8 Å². The summed E-state index contributed by atoms with van der Waals surface area (Å²) in [6.45, 7) is 2.72. The molecule has 0 saturated carbocycles. The van der Waals surface area contributed by atoms with Gasteiger partial charge >= 0.3 is 5.69 Å². The van der Waals surface area contributed by atoms with Crippen molar-refractivity contribution >= 4 is 11.8 Å². The van der Waals surface area contributed by atoms with E-state index in [2.05, 4.69) is 4.98 Å². The Morgan fingerprint density at radius 2 is 2.04 bits per heavy atom. The number of rotatable bonds is 2. The summed E-state index contributed by atoms with van der Waals surface area (Å²) in [7, 11) is 1.72. The molecule has 9 nitrogen and oxygen atoms in total. The van der Waals surface area contributed by atoms with Crippen LogP contribution in [0.3, 0.4) is 0 Å². The number of nitrogens with one attached hydrogen (secondary N) is 1. The monoisotopic (exact) mass is 336 g/mol. The van der Waals surface area contributed by atoms with Gasteiger partial charge in [0.2, 0.25) is 11.8 Å². The summed E-state index contributed by atoms with van der Waals surface area (Å²) in [4.78, 5) is 53.6. The normalized spacial score (nSPS) is 24.0. The SMILES string of the molecule is Cc1cn(CC(=O)N2C[C@@H]3COC[C@H](C2)N(C)C3=O)c(=O)[nH]c1=O. The van der Waals surface area contributed by atoms with Crippen molar-refractivity contribution in [3.05, 3.63) is 32.6 Å². The Morgan fingerprint density at radius 3 is 2.79 bits per heavy atom. The van der Waals surface area contributed by atoms with Gasteiger partial charge in [-0.1, -0.05) is 0 Å². The fraction of sp³-hybridized carbons (Fsp3) is 0.600. The van der Waals surface area contributed by atoms with Gasteiger partial charge in [0.05, 0.1) is 25.2 Å². The fourth-order valence-electron chi connectivity index (χ4n) is 3.08. The van der Waals surface area contributed by atoms with Crippen LogP contribution in [0.2, 0.25) is 0 Å². The highest BCUT2D eigenvalue weighted by Crippen LogP contribution is 2.19. The lowest BCUT2D eigenvalue weighted by atomic mass is 10.1. The van der Waals surface area contributed by atoms with E-state index in [0.717, 1.165) is 0 Å². The number of aromatic amines is 1. The second-order valence-corrected chi connectivity index (χ2v) is 6.34. The van der Waals surface area contributed by atoms with Crippen molar-refractivity contribution in [2.75, 3.05) is 33.4 Å². The number of fused-ring (bicyclic) bond motifs is 3. The lowest BCUT2D eigenvalue weighted by molar-refractivity contribution is -0.135. The molecule has 0 spiro atoms. The molecule has 0 aromatic carbocycles. The van der Waals surface area contributed by atoms with Crippen molar-refractivity contribution in [1.82, 2.24) is 19.4 Å². The molecule has 0 radical (unpaired) electrons. The molecule has 9 heteroatoms. The van der Waals surface area contributed by atoms with Crippen molar-refractivity contribution in [2.45, 2.75) is 19.5 Å². The molecule has 2 atom stereocenters. The van der Waals surface area contributed by atoms with Gasteiger partial charge in [-0.2, -0.15) is 0 Å². The van der Waals surface area contributed by atoms with Crippen molar-refractivity contribution < 1.29 is 14.3 Å². The van der Waals surface area contributed by atoms with E-state index in [0.29, 0.717) is 25.3 Å². The predicted molar refractivity (Wildman–Crippen MR) is 83.5 cm³/mol. The topological polar surface area (TPSA) is 105 Å². The molecule has 2 saturated heterocycles. The number of aromatic nitrogens is 2. The van der Waals surface area contributed by atoms with Crippen LogP contribution >= 0.6 is 0 Å². The molecule has 2 aliphatic heterocycles. The number of H-pyrrole nitrogens is 1. The highest BCUT2D eigenvalue weighted by molar-refractivity contribution is 5.82. The Labute approximate surface area is 137 Å². The average molecular weight is 336 g/mol. The van der Waals surface area contributed by atoms with Gasteiger partial charge in [0.25, 0.3) is 5.56 Å². The molecule has 1 aromatic rings. The highest BCUT2D eigenvalue weighted by Gasteiger charge is 2.38. The maximum atomic E-state index is 12.6. The molecule has 0 unspecified atom stereocenters. The van der Waals surface area contributed by atoms with E-state index in [1.165, 1.54) is 10.8 Å². The average Bonchev–Trinajstić information content (AvgIpc) is 2.70. The summed E-state index contributed by atoms with van der Waals surface area (Å²) >= 11 is 0. The number of nitrogens with zero attached hydrogens (tertiary/aromatic N) is 3. The van der Waals surface area contributed by atoms with Crippen molar-refractivity contribution in [1.29, 1.82) is 0 Å². The van der Waals surface area contributed by atoms with E-state index < -0.39 is 11.2 Å². The van der Waals surface area contributed by atoms with Crippen molar-refractivity contribution in [2.24, 2.45) is 5.92 Å². The largest absolute Gasteiger partial charge is 0.378 e. The number of carbonyl (C=O) groups is 2. The Kier molecular flexibility index (Phi) is 4.27. The van der Waals surface area contributed by atoms with E-state index in [9.17, 15) is 19.2 Å². The summed E-state index contributed by atoms with van der Waals surface area (Å²) in [6.07, 6.45) is 1.37. The third kappa shape index (κ3) is 2.99. The summed E-state index contributed by atoms with van der Waals surface area (Å²) in [5.41, 5.74) is -0.721. The number of ether oxygens (including phenoxy) is 1. The van der Waals surface area contributed by atoms with Crippen molar-refractivity contribution in [3.8, 4) is 0 Å². The van der Waals surface area contributed by atoms with Crippen LogP contribution in [0.25, 0.3) is 0 Å². The minimum atomic E-state index is -0.620. The molecule has 3 heterocycles. The summed E-state index contributed by atoms with van der Waals surface area (Å²) in [5.74, 6) is -0.672. The smallest absolute Gasteiger partial charge is 0.328 e. The first-order valence-electron chi connectivity index (χ1n) is 7.79. The van der Waals surface area contributed by atoms with E-state index in [-0.39, 0.29) is 36.9 Å². The van der Waals surface area contributed by atoms with Crippen LogP contribution in [0, 0.1) is 12.8 Å². The number of likely N-dealkylation sites (N-methyl/N-ethyl adjacent to an activating group) is 1. The molecule has 3 rings (SSSR count). The van der Waals surface area contributed by atoms with Gasteiger partial charge < -0.3 is 14.5 Å². The molecule has 0 aliphatic carbocycles. The quantitative estimate of drug-likeness (QED) is 0.683. The zero-order valence-electron chi connectivity index (χ0n) is 13.7. The molecule has 2 aliphatic rings. The predicted octanol–water partition coefficient (Wildman–Crippen LogP) is -1.84. The van der Waals surface area contributed by atoms with E-state index >= 15 is 0 Å². The van der Waals surface area contributed by atoms with E-state index in [4.69, 9.17) is 4.74 Å². The van der Waals surface area contributed by atoms with Crippen LogP contribution in [-0.2, 0) is 20.9 Å². The second-order valence-electron chi connectivity index (χ2n) is 6.34. The van der Waals surface area contributed by atoms with Crippen LogP contribution in [0.1, 0.15) is 5.56 Å². The van der Waals surface area contributed by atoms with Crippen LogP contribution in [-0.4, -0.2) is 70.6 Å². The molecule has 2 fully saturated rings. The minimum Gasteiger partial charge on any atom is -0.378 e. The van der Waals surface area contributed by atoms with Gasteiger partial charge in [-0.05, 0) is 6.92 Å². The van der Waals surface area contributed by atoms with Gasteiger partial charge in [-0.25, -0.2) is 4.79 Å². The first-order chi connectivity index (χ1) is 11.4. The molecule has 1 N–H and O–H groups in total. The lowest BCUT2D eigenvalue weighted by Gasteiger charge is -2.29. The van der Waals surface area contributed by atoms with E-state index in [1.807, 2.05) is 0 Å². The summed E-state index contributed by atoms with van der Waals surface area (Å²) < 4.78 is 6.68. The fourth-order valence-corrected chi connectivity index (χ4v) is 3.08. The third-order valence-corrected chi connectivity index (χ3v) is 4.59. The Bertz CT molecular complexity index is 783. The van der Waals surface area contributed by atoms with Crippen LogP contribution in [0.4, 0.5) is 0 Å². The number of carbonyl (C=O) groups excluding carboxylic acids is 2. The Balaban J connectivity index is 1.81. The Morgan fingerprint density at radius 1 is 1.29 bits per heavy atom. The first-order valence-corrected chi connectivity index (χ1v) is 7.79. The summed E-state index contributed by atoms with van der Waals surface area (Å²) in [6, 6.07) is -0.192. The first kappa shape index (κ1) is 16.4. The third-order valence-electron chi connectivity index (χ3n) is 4.59. The molecular formula is C15H20N4O5. The number of aryl methyl sites for hydroxylation is 1. The lowest BCUT2D eigenvalue weighted by Crippen LogP contribution is -2.46. The van der Waals surface area contributed by atoms with E-state index in [1.54, 1.807) is 23.8 Å². The second kappa shape index (κ2) is 6.23. The van der Waals surface area contributed by atoms with Gasteiger partial charge in [0.1, 0.15) is 6.54 Å². The highest BCUT2D eigenvalue weighted by atomic mass is 16.5. The number of hydrogen-bond donors (Lipinski definition) is 1. The van der Waals surface area contributed by atoms with Crippen LogP contribution < -0.4 is 11.2 Å². The van der Waals surface area contributed by atoms with Crippen LogP contribution in [0.5, 0.6) is 0 Å². The number of amides is 2. The maximum Gasteiger partial charge on any atom is 0.328 e. The zero-order chi connectivity index (χ0) is 17.4. The Hall–Kier alpha value is -2.42. The van der Waals surface area contributed by atoms with Gasteiger partial charge in [0.15, 0.2) is 0 Å². The minimum absolute atomic E-state index is 0.0233. The number of hydrogen-bond acceptors (Lipinski definition) is 5.